The molecule has 7 nitrogen and oxygen atoms in total. The Labute approximate surface area is 247 Å². The van der Waals surface area contributed by atoms with Crippen molar-refractivity contribution in [3.8, 4) is 11.3 Å². The monoisotopic (exact) mass is 603 g/mol. The lowest BCUT2D eigenvalue weighted by Gasteiger charge is -2.32. The van der Waals surface area contributed by atoms with Crippen molar-refractivity contribution in [1.82, 2.24) is 15.2 Å². The summed E-state index contributed by atoms with van der Waals surface area (Å²) >= 11 is 15.0. The second-order valence-corrected chi connectivity index (χ2v) is 12.7. The highest BCUT2D eigenvalue weighted by Crippen LogP contribution is 2.29. The molecule has 39 heavy (non-hydrogen) atoms. The summed E-state index contributed by atoms with van der Waals surface area (Å²) in [5.74, 6) is 0.0817. The van der Waals surface area contributed by atoms with E-state index in [1.165, 1.54) is 23.1 Å². The van der Waals surface area contributed by atoms with E-state index in [1.807, 2.05) is 37.4 Å². The molecule has 0 radical (unpaired) electrons. The Balaban J connectivity index is 1.21. The number of thiazole rings is 1. The first kappa shape index (κ1) is 29.7. The minimum atomic E-state index is -0.600. The topological polar surface area (TPSA) is 100 Å². The predicted molar refractivity (Wildman–Crippen MR) is 160 cm³/mol. The van der Waals surface area contributed by atoms with E-state index in [0.29, 0.717) is 21.5 Å². The number of piperidine rings is 1. The van der Waals surface area contributed by atoms with Gasteiger partial charge in [0.1, 0.15) is 0 Å². The van der Waals surface area contributed by atoms with Gasteiger partial charge in [0.2, 0.25) is 11.8 Å². The van der Waals surface area contributed by atoms with Crippen molar-refractivity contribution in [2.24, 2.45) is 11.7 Å². The van der Waals surface area contributed by atoms with Gasteiger partial charge in [-0.3, -0.25) is 14.5 Å². The smallest absolute Gasteiger partial charge is 0.242 e. The fourth-order valence-electron chi connectivity index (χ4n) is 4.14. The molecule has 1 saturated heterocycles. The van der Waals surface area contributed by atoms with E-state index in [4.69, 9.17) is 28.9 Å². The molecular weight excluding hydrogens is 573 g/mol. The zero-order valence-corrected chi connectivity index (χ0v) is 24.9. The summed E-state index contributed by atoms with van der Waals surface area (Å²) < 4.78 is 0.803. The number of benzene rings is 1. The van der Waals surface area contributed by atoms with Crippen molar-refractivity contribution < 1.29 is 9.59 Å². The van der Waals surface area contributed by atoms with Gasteiger partial charge in [0.25, 0.3) is 0 Å². The number of rotatable bonds is 10. The van der Waals surface area contributed by atoms with Crippen molar-refractivity contribution in [2.75, 3.05) is 24.2 Å². The number of amides is 2. The minimum absolute atomic E-state index is 0.00816. The van der Waals surface area contributed by atoms with Gasteiger partial charge in [0, 0.05) is 36.6 Å². The summed E-state index contributed by atoms with van der Waals surface area (Å²) in [7, 11) is 0. The van der Waals surface area contributed by atoms with Crippen molar-refractivity contribution in [3.63, 3.8) is 0 Å². The molecule has 2 heterocycles. The van der Waals surface area contributed by atoms with Crippen LogP contribution in [0.2, 0.25) is 10.0 Å². The van der Waals surface area contributed by atoms with Crippen LogP contribution in [0.5, 0.6) is 0 Å². The van der Waals surface area contributed by atoms with Crippen LogP contribution in [0, 0.1) is 18.1 Å². The number of carbonyl (C=O) groups excluding carboxylic acids is 2. The molecule has 1 aliphatic heterocycles. The van der Waals surface area contributed by atoms with E-state index < -0.39 is 6.04 Å². The second kappa shape index (κ2) is 13.8. The quantitative estimate of drug-likeness (QED) is 0.264. The number of carbonyl (C=O) groups is 2. The molecule has 2 amide bonds. The molecular formula is C28H31Cl2N5O2S2. The van der Waals surface area contributed by atoms with Crippen LogP contribution >= 0.6 is 46.3 Å². The molecule has 0 bridgehead atoms. The molecule has 3 aromatic rings. The van der Waals surface area contributed by atoms with Crippen LogP contribution in [-0.4, -0.2) is 52.6 Å². The lowest BCUT2D eigenvalue weighted by molar-refractivity contribution is -0.119. The Morgan fingerprint density at radius 1 is 1.23 bits per heavy atom. The van der Waals surface area contributed by atoms with Gasteiger partial charge in [-0.1, -0.05) is 60.9 Å². The van der Waals surface area contributed by atoms with Gasteiger partial charge in [-0.25, -0.2) is 4.98 Å². The molecule has 0 unspecified atom stereocenters. The maximum absolute atomic E-state index is 12.6. The van der Waals surface area contributed by atoms with Gasteiger partial charge in [0.05, 0.1) is 33.2 Å². The Hall–Kier alpha value is -2.32. The minimum Gasteiger partial charge on any atom is -0.353 e. The number of anilines is 1. The SMILES string of the molecule is CC(C)[C@H](N)C(=O)Nc1c#ccc(-c2csc(SCC(=O)NC3CCN(Cc4ccc(Cl)c(Cl)c4)CC3)n2)c1. The van der Waals surface area contributed by atoms with Gasteiger partial charge >= 0.3 is 0 Å². The Morgan fingerprint density at radius 3 is 2.72 bits per heavy atom. The third kappa shape index (κ3) is 8.58. The van der Waals surface area contributed by atoms with Crippen LogP contribution in [0.15, 0.2) is 40.1 Å². The molecule has 1 fully saturated rings. The van der Waals surface area contributed by atoms with Gasteiger partial charge in [-0.15, -0.1) is 11.3 Å². The molecule has 1 aliphatic rings. The molecule has 11 heteroatoms. The van der Waals surface area contributed by atoms with Crippen LogP contribution in [0.3, 0.4) is 0 Å². The summed E-state index contributed by atoms with van der Waals surface area (Å²) in [4.78, 5) is 31.9. The van der Waals surface area contributed by atoms with Crippen molar-refractivity contribution in [2.45, 2.75) is 49.7 Å². The first-order valence-electron chi connectivity index (χ1n) is 12.7. The highest BCUT2D eigenvalue weighted by atomic mass is 35.5. The average Bonchev–Trinajstić information content (AvgIpc) is 3.39. The number of halogens is 2. The molecule has 4 rings (SSSR count). The van der Waals surface area contributed by atoms with Crippen molar-refractivity contribution in [3.05, 3.63) is 63.5 Å². The molecule has 1 aromatic heterocycles. The Kier molecular flexibility index (Phi) is 10.5. The Bertz CT molecular complexity index is 1290. The number of thioether (sulfide) groups is 1. The number of aromatic nitrogens is 1. The van der Waals surface area contributed by atoms with E-state index in [1.54, 1.807) is 12.1 Å². The van der Waals surface area contributed by atoms with E-state index >= 15 is 0 Å². The lowest BCUT2D eigenvalue weighted by Crippen LogP contribution is -2.44. The fraction of sp³-hybridized carbons (Fsp3) is 0.393. The third-order valence-corrected chi connectivity index (χ3v) is 9.22. The highest BCUT2D eigenvalue weighted by Gasteiger charge is 2.21. The number of hydrogen-bond donors (Lipinski definition) is 3. The second-order valence-electron chi connectivity index (χ2n) is 9.84. The molecule has 206 valence electrons. The van der Waals surface area contributed by atoms with E-state index in [9.17, 15) is 9.59 Å². The summed E-state index contributed by atoms with van der Waals surface area (Å²) in [5, 5.41) is 9.02. The normalized spacial score (nSPS) is 15.1. The van der Waals surface area contributed by atoms with Gasteiger partial charge in [-0.05, 0) is 54.7 Å². The van der Waals surface area contributed by atoms with Gasteiger partial charge in [-0.2, -0.15) is 0 Å². The zero-order chi connectivity index (χ0) is 27.9. The van der Waals surface area contributed by atoms with Crippen LogP contribution in [0.1, 0.15) is 32.3 Å². The lowest BCUT2D eigenvalue weighted by atomic mass is 10.0. The largest absolute Gasteiger partial charge is 0.353 e. The fourth-order valence-corrected chi connectivity index (χ4v) is 6.11. The summed E-state index contributed by atoms with van der Waals surface area (Å²) in [6.07, 6.45) is 1.81. The number of nitrogens with zero attached hydrogens (tertiary/aromatic N) is 2. The maximum atomic E-state index is 12.6. The first-order chi connectivity index (χ1) is 18.7. The Morgan fingerprint density at radius 2 is 2.00 bits per heavy atom. The number of hydrogen-bond acceptors (Lipinski definition) is 7. The standard InChI is InChI=1S/C28H31Cl2N5O2S2/c1-17(2)26(31)27(37)33-21-5-3-4-19(13-21)24-15-38-28(34-24)39-16-25(36)32-20-8-10-35(11-9-20)14-18-6-7-22(29)23(30)12-18/h4,6-7,12-13,15,17,20,26H,8-11,14,16,31H2,1-2H3,(H,32,36)(H,33,37)/t26-/m0/s1. The van der Waals surface area contributed by atoms with Crippen LogP contribution in [-0.2, 0) is 16.1 Å². The van der Waals surface area contributed by atoms with Gasteiger partial charge < -0.3 is 16.4 Å². The van der Waals surface area contributed by atoms with Crippen molar-refractivity contribution in [1.29, 1.82) is 0 Å². The molecule has 4 N–H and O–H groups in total. The summed E-state index contributed by atoms with van der Waals surface area (Å²) in [5.41, 5.74) is 9.12. The van der Waals surface area contributed by atoms with Gasteiger partial charge in [0.15, 0.2) is 4.34 Å². The molecule has 1 atom stereocenters. The van der Waals surface area contributed by atoms with E-state index in [0.717, 1.165) is 53.6 Å². The molecule has 0 saturated carbocycles. The number of nitrogens with two attached hydrogens (primary N) is 1. The number of likely N-dealkylation sites (tertiary alicyclic amines) is 1. The van der Waals surface area contributed by atoms with Crippen LogP contribution in [0.25, 0.3) is 11.3 Å². The van der Waals surface area contributed by atoms with Crippen LogP contribution in [0.4, 0.5) is 5.69 Å². The summed E-state index contributed by atoms with van der Waals surface area (Å²) in [6, 6.07) is 14.7. The van der Waals surface area contributed by atoms with E-state index in [2.05, 4.69) is 32.7 Å². The van der Waals surface area contributed by atoms with E-state index in [-0.39, 0.29) is 23.8 Å². The third-order valence-electron chi connectivity index (χ3n) is 6.46. The molecule has 0 aliphatic carbocycles. The maximum Gasteiger partial charge on any atom is 0.242 e. The molecule has 2 aromatic carbocycles. The average molecular weight is 605 g/mol. The summed E-state index contributed by atoms with van der Waals surface area (Å²) in [6.45, 7) is 6.43. The zero-order valence-electron chi connectivity index (χ0n) is 21.8. The predicted octanol–water partition coefficient (Wildman–Crippen LogP) is 5.51. The molecule has 0 spiro atoms. The number of nitrogens with one attached hydrogen (secondary N) is 2. The first-order valence-corrected chi connectivity index (χ1v) is 15.3. The van der Waals surface area contributed by atoms with Crippen LogP contribution < -0.4 is 16.4 Å². The van der Waals surface area contributed by atoms with Crippen molar-refractivity contribution >= 4 is 63.8 Å². The highest BCUT2D eigenvalue weighted by molar-refractivity contribution is 8.01.